The molecular formula is C12H23NO2. The van der Waals surface area contributed by atoms with Gasteiger partial charge in [-0.2, -0.15) is 0 Å². The molecule has 0 saturated heterocycles. The maximum Gasteiger partial charge on any atom is 0.248 e. The second kappa shape index (κ2) is 6.11. The molecule has 1 fully saturated rings. The Balaban J connectivity index is 2.25. The van der Waals surface area contributed by atoms with Gasteiger partial charge in [0.2, 0.25) is 5.91 Å². The van der Waals surface area contributed by atoms with Gasteiger partial charge in [-0.1, -0.05) is 6.42 Å². The molecule has 0 aliphatic heterocycles. The van der Waals surface area contributed by atoms with E-state index >= 15 is 0 Å². The molecule has 15 heavy (non-hydrogen) atoms. The van der Waals surface area contributed by atoms with Crippen molar-refractivity contribution in [1.29, 1.82) is 0 Å². The fourth-order valence-electron chi connectivity index (χ4n) is 1.72. The highest BCUT2D eigenvalue weighted by Crippen LogP contribution is 2.27. The highest BCUT2D eigenvalue weighted by atomic mass is 16.5. The molecule has 0 unspecified atom stereocenters. The predicted molar refractivity (Wildman–Crippen MR) is 60.7 cm³/mol. The molecule has 0 N–H and O–H groups in total. The van der Waals surface area contributed by atoms with Gasteiger partial charge in [-0.25, -0.2) is 0 Å². The molecule has 1 aliphatic carbocycles. The summed E-state index contributed by atoms with van der Waals surface area (Å²) in [4.78, 5) is 13.7. The molecule has 0 spiro atoms. The molecule has 3 heteroatoms. The number of amides is 1. The van der Waals surface area contributed by atoms with E-state index in [1.54, 1.807) is 0 Å². The Morgan fingerprint density at radius 3 is 2.53 bits per heavy atom. The monoisotopic (exact) mass is 213 g/mol. The second-order valence-electron chi connectivity index (χ2n) is 4.59. The van der Waals surface area contributed by atoms with Crippen LogP contribution in [0.5, 0.6) is 0 Å². The molecule has 0 aromatic rings. The molecule has 0 aromatic heterocycles. The summed E-state index contributed by atoms with van der Waals surface area (Å²) in [5.74, 6) is 0.881. The van der Waals surface area contributed by atoms with Crippen LogP contribution in [0.4, 0.5) is 0 Å². The van der Waals surface area contributed by atoms with E-state index < -0.39 is 0 Å². The van der Waals surface area contributed by atoms with Gasteiger partial charge in [-0.05, 0) is 39.5 Å². The summed E-state index contributed by atoms with van der Waals surface area (Å²) in [7, 11) is 0. The molecule has 1 saturated carbocycles. The Hall–Kier alpha value is -0.570. The van der Waals surface area contributed by atoms with E-state index in [-0.39, 0.29) is 18.6 Å². The summed E-state index contributed by atoms with van der Waals surface area (Å²) in [5.41, 5.74) is 0. The maximum atomic E-state index is 11.8. The molecule has 0 heterocycles. The molecule has 0 bridgehead atoms. The van der Waals surface area contributed by atoms with Crippen molar-refractivity contribution >= 4 is 5.91 Å². The van der Waals surface area contributed by atoms with Crippen molar-refractivity contribution < 1.29 is 9.53 Å². The first-order valence-corrected chi connectivity index (χ1v) is 6.02. The predicted octanol–water partition coefficient (Wildman–Crippen LogP) is 2.06. The van der Waals surface area contributed by atoms with Gasteiger partial charge in [-0.15, -0.1) is 0 Å². The lowest BCUT2D eigenvalue weighted by Gasteiger charge is -2.31. The first-order valence-electron chi connectivity index (χ1n) is 6.02. The van der Waals surface area contributed by atoms with Crippen molar-refractivity contribution in [3.63, 3.8) is 0 Å². The minimum absolute atomic E-state index is 0.136. The second-order valence-corrected chi connectivity index (χ2v) is 4.59. The van der Waals surface area contributed by atoms with Gasteiger partial charge in [0.1, 0.15) is 6.61 Å². The lowest BCUT2D eigenvalue weighted by atomic mass is 9.85. The minimum Gasteiger partial charge on any atom is -0.369 e. The summed E-state index contributed by atoms with van der Waals surface area (Å²) in [6.07, 6.45) is 4.04. The van der Waals surface area contributed by atoms with Crippen LogP contribution in [0, 0.1) is 5.92 Å². The Kier molecular flexibility index (Phi) is 5.09. The molecule has 0 aromatic carbocycles. The van der Waals surface area contributed by atoms with Crippen LogP contribution in [0.15, 0.2) is 0 Å². The van der Waals surface area contributed by atoms with Crippen LogP contribution in [0.3, 0.4) is 0 Å². The van der Waals surface area contributed by atoms with Crippen LogP contribution in [0.1, 0.15) is 40.0 Å². The van der Waals surface area contributed by atoms with E-state index in [4.69, 9.17) is 4.74 Å². The lowest BCUT2D eigenvalue weighted by Crippen LogP contribution is -2.39. The SMILES string of the molecule is CCN(CC1CCC1)C(=O)COC(C)C. The van der Waals surface area contributed by atoms with Crippen LogP contribution in [0.2, 0.25) is 0 Å². The highest BCUT2D eigenvalue weighted by Gasteiger charge is 2.22. The third-order valence-electron chi connectivity index (χ3n) is 2.98. The van der Waals surface area contributed by atoms with E-state index in [2.05, 4.69) is 0 Å². The first kappa shape index (κ1) is 12.5. The van der Waals surface area contributed by atoms with Crippen LogP contribution >= 0.6 is 0 Å². The first-order chi connectivity index (χ1) is 7.13. The summed E-state index contributed by atoms with van der Waals surface area (Å²) in [6.45, 7) is 7.91. The van der Waals surface area contributed by atoms with Gasteiger partial charge in [0.25, 0.3) is 0 Å². The highest BCUT2D eigenvalue weighted by molar-refractivity contribution is 5.77. The molecule has 0 atom stereocenters. The van der Waals surface area contributed by atoms with Gasteiger partial charge in [0.05, 0.1) is 6.10 Å². The van der Waals surface area contributed by atoms with Crippen molar-refractivity contribution in [2.24, 2.45) is 5.92 Å². The zero-order valence-corrected chi connectivity index (χ0v) is 10.2. The van der Waals surface area contributed by atoms with Gasteiger partial charge < -0.3 is 9.64 Å². The fraction of sp³-hybridized carbons (Fsp3) is 0.917. The van der Waals surface area contributed by atoms with E-state index in [9.17, 15) is 4.79 Å². The van der Waals surface area contributed by atoms with Gasteiger partial charge in [0, 0.05) is 13.1 Å². The molecule has 1 rings (SSSR count). The van der Waals surface area contributed by atoms with Gasteiger partial charge >= 0.3 is 0 Å². The molecule has 0 radical (unpaired) electrons. The smallest absolute Gasteiger partial charge is 0.248 e. The van der Waals surface area contributed by atoms with Crippen molar-refractivity contribution in [1.82, 2.24) is 4.90 Å². The van der Waals surface area contributed by atoms with E-state index in [0.717, 1.165) is 19.0 Å². The average Bonchev–Trinajstić information content (AvgIpc) is 2.13. The van der Waals surface area contributed by atoms with Gasteiger partial charge in [-0.3, -0.25) is 4.79 Å². The number of carbonyl (C=O) groups excluding carboxylic acids is 1. The normalized spacial score (nSPS) is 16.5. The third kappa shape index (κ3) is 4.20. The topological polar surface area (TPSA) is 29.5 Å². The Labute approximate surface area is 92.8 Å². The summed E-state index contributed by atoms with van der Waals surface area (Å²) in [6, 6.07) is 0. The number of likely N-dealkylation sites (N-methyl/N-ethyl adjacent to an activating group) is 1. The standard InChI is InChI=1S/C12H23NO2/c1-4-13(8-11-6-5-7-11)12(14)9-15-10(2)3/h10-11H,4-9H2,1-3H3. The summed E-state index contributed by atoms with van der Waals surface area (Å²) in [5, 5.41) is 0. The van der Waals surface area contributed by atoms with Crippen molar-refractivity contribution in [2.75, 3.05) is 19.7 Å². The Bertz CT molecular complexity index is 200. The maximum absolute atomic E-state index is 11.8. The average molecular weight is 213 g/mol. The zero-order chi connectivity index (χ0) is 11.3. The molecule has 3 nitrogen and oxygen atoms in total. The van der Waals surface area contributed by atoms with Crippen molar-refractivity contribution in [3.05, 3.63) is 0 Å². The number of hydrogen-bond acceptors (Lipinski definition) is 2. The van der Waals surface area contributed by atoms with Crippen LogP contribution < -0.4 is 0 Å². The number of ether oxygens (including phenoxy) is 1. The molecular weight excluding hydrogens is 190 g/mol. The summed E-state index contributed by atoms with van der Waals surface area (Å²) < 4.78 is 5.33. The summed E-state index contributed by atoms with van der Waals surface area (Å²) >= 11 is 0. The van der Waals surface area contributed by atoms with Crippen molar-refractivity contribution in [2.45, 2.75) is 46.1 Å². The Morgan fingerprint density at radius 2 is 2.13 bits per heavy atom. The number of carbonyl (C=O) groups is 1. The molecule has 1 amide bonds. The molecule has 88 valence electrons. The number of hydrogen-bond donors (Lipinski definition) is 0. The van der Waals surface area contributed by atoms with Crippen molar-refractivity contribution in [3.8, 4) is 0 Å². The van der Waals surface area contributed by atoms with Crippen LogP contribution in [-0.2, 0) is 9.53 Å². The number of nitrogens with zero attached hydrogens (tertiary/aromatic N) is 1. The van der Waals surface area contributed by atoms with Gasteiger partial charge in [0.15, 0.2) is 0 Å². The lowest BCUT2D eigenvalue weighted by molar-refractivity contribution is -0.138. The van der Waals surface area contributed by atoms with E-state index in [1.165, 1.54) is 19.3 Å². The third-order valence-corrected chi connectivity index (χ3v) is 2.98. The fourth-order valence-corrected chi connectivity index (χ4v) is 1.72. The van der Waals surface area contributed by atoms with Crippen LogP contribution in [0.25, 0.3) is 0 Å². The van der Waals surface area contributed by atoms with E-state index in [1.807, 2.05) is 25.7 Å². The molecule has 1 aliphatic rings. The quantitative estimate of drug-likeness (QED) is 0.676. The van der Waals surface area contributed by atoms with E-state index in [0.29, 0.717) is 0 Å². The van der Waals surface area contributed by atoms with Crippen LogP contribution in [-0.4, -0.2) is 36.6 Å². The zero-order valence-electron chi connectivity index (χ0n) is 10.2. The largest absolute Gasteiger partial charge is 0.369 e. The Morgan fingerprint density at radius 1 is 1.47 bits per heavy atom. The number of rotatable bonds is 6. The minimum atomic E-state index is 0.136.